The summed E-state index contributed by atoms with van der Waals surface area (Å²) in [6, 6.07) is 0. The molecule has 0 bridgehead atoms. The third-order valence-corrected chi connectivity index (χ3v) is 4.31. The first-order chi connectivity index (χ1) is 9.45. The largest absolute Gasteiger partial charge is 0.311 e. The van der Waals surface area contributed by atoms with Crippen molar-refractivity contribution in [1.29, 1.82) is 0 Å². The molecular weight excluding hydrogens is 248 g/mol. The fourth-order valence-electron chi connectivity index (χ4n) is 3.05. The van der Waals surface area contributed by atoms with Crippen LogP contribution >= 0.6 is 0 Å². The number of nitrogens with zero attached hydrogens (tertiary/aromatic N) is 3. The van der Waals surface area contributed by atoms with E-state index < -0.39 is 0 Å². The molecule has 1 saturated carbocycles. The number of nitrogens with one attached hydrogen (secondary N) is 1. The molecule has 4 nitrogen and oxygen atoms in total. The second-order valence-electron chi connectivity index (χ2n) is 7.43. The molecule has 114 valence electrons. The lowest BCUT2D eigenvalue weighted by atomic mass is 9.81. The van der Waals surface area contributed by atoms with Crippen molar-refractivity contribution in [3.05, 3.63) is 11.9 Å². The lowest BCUT2D eigenvalue weighted by Crippen LogP contribution is -2.22. The van der Waals surface area contributed by atoms with Crippen LogP contribution in [-0.2, 0) is 12.1 Å². The van der Waals surface area contributed by atoms with Gasteiger partial charge < -0.3 is 5.32 Å². The van der Waals surface area contributed by atoms with E-state index in [0.717, 1.165) is 30.6 Å². The Morgan fingerprint density at radius 3 is 2.80 bits per heavy atom. The van der Waals surface area contributed by atoms with E-state index in [1.54, 1.807) is 0 Å². The van der Waals surface area contributed by atoms with Crippen molar-refractivity contribution in [2.24, 2.45) is 11.8 Å². The highest BCUT2D eigenvalue weighted by Crippen LogP contribution is 2.30. The van der Waals surface area contributed by atoms with E-state index in [9.17, 15) is 0 Å². The maximum atomic E-state index is 4.23. The Bertz CT molecular complexity index is 405. The Morgan fingerprint density at radius 2 is 2.15 bits per heavy atom. The van der Waals surface area contributed by atoms with Gasteiger partial charge in [-0.2, -0.15) is 0 Å². The van der Waals surface area contributed by atoms with Crippen LogP contribution < -0.4 is 5.32 Å². The minimum absolute atomic E-state index is 0.0173. The molecule has 0 aliphatic heterocycles. The Morgan fingerprint density at radius 1 is 1.35 bits per heavy atom. The average Bonchev–Trinajstić information content (AvgIpc) is 2.83. The maximum absolute atomic E-state index is 4.23. The molecule has 0 aromatic carbocycles. The van der Waals surface area contributed by atoms with Crippen molar-refractivity contribution in [1.82, 2.24) is 20.3 Å². The van der Waals surface area contributed by atoms with Crippen LogP contribution in [-0.4, -0.2) is 21.5 Å². The van der Waals surface area contributed by atoms with Gasteiger partial charge in [-0.15, -0.1) is 5.10 Å². The third-order valence-electron chi connectivity index (χ3n) is 4.31. The van der Waals surface area contributed by atoms with E-state index in [-0.39, 0.29) is 5.54 Å². The molecule has 1 aliphatic rings. The zero-order valence-electron chi connectivity index (χ0n) is 13.5. The lowest BCUT2D eigenvalue weighted by Gasteiger charge is -2.26. The van der Waals surface area contributed by atoms with Crippen molar-refractivity contribution in [3.8, 4) is 0 Å². The summed E-state index contributed by atoms with van der Waals surface area (Å²) in [6.45, 7) is 10.7. The maximum Gasteiger partial charge on any atom is 0.0965 e. The summed E-state index contributed by atoms with van der Waals surface area (Å²) in [6.07, 6.45) is 9.05. The smallest absolute Gasteiger partial charge is 0.0965 e. The van der Waals surface area contributed by atoms with E-state index in [2.05, 4.69) is 49.5 Å². The Balaban J connectivity index is 1.67. The number of hydrogen-bond acceptors (Lipinski definition) is 3. The molecule has 1 N–H and O–H groups in total. The van der Waals surface area contributed by atoms with Crippen LogP contribution in [0.3, 0.4) is 0 Å². The summed E-state index contributed by atoms with van der Waals surface area (Å²) in [5, 5.41) is 11.9. The van der Waals surface area contributed by atoms with Gasteiger partial charge in [-0.1, -0.05) is 31.4 Å². The van der Waals surface area contributed by atoms with Gasteiger partial charge in [0.1, 0.15) is 0 Å². The van der Waals surface area contributed by atoms with Crippen LogP contribution in [0.5, 0.6) is 0 Å². The molecule has 2 unspecified atom stereocenters. The van der Waals surface area contributed by atoms with Crippen LogP contribution in [0, 0.1) is 11.8 Å². The van der Waals surface area contributed by atoms with Gasteiger partial charge in [-0.25, -0.2) is 4.68 Å². The molecule has 1 heterocycles. The van der Waals surface area contributed by atoms with E-state index in [1.165, 1.54) is 32.1 Å². The van der Waals surface area contributed by atoms with E-state index in [0.29, 0.717) is 0 Å². The Kier molecular flexibility index (Phi) is 5.19. The zero-order valence-corrected chi connectivity index (χ0v) is 13.5. The summed E-state index contributed by atoms with van der Waals surface area (Å²) in [5.74, 6) is 1.86. The van der Waals surface area contributed by atoms with Crippen molar-refractivity contribution in [2.45, 2.75) is 71.9 Å². The molecular formula is C16H30N4. The highest BCUT2D eigenvalue weighted by atomic mass is 15.4. The van der Waals surface area contributed by atoms with Crippen molar-refractivity contribution < 1.29 is 0 Å². The minimum Gasteiger partial charge on any atom is -0.311 e. The molecule has 20 heavy (non-hydrogen) atoms. The van der Waals surface area contributed by atoms with Crippen LogP contribution in [0.4, 0.5) is 0 Å². The SMILES string of the molecule is CC1CCCC(CCNCc2cn(C(C)(C)C)nn2)C1. The molecule has 0 spiro atoms. The third kappa shape index (κ3) is 4.58. The van der Waals surface area contributed by atoms with Gasteiger partial charge in [0.15, 0.2) is 0 Å². The van der Waals surface area contributed by atoms with Gasteiger partial charge >= 0.3 is 0 Å². The quantitative estimate of drug-likeness (QED) is 0.840. The van der Waals surface area contributed by atoms with E-state index >= 15 is 0 Å². The predicted octanol–water partition coefficient (Wildman–Crippen LogP) is 3.34. The molecule has 1 aromatic heterocycles. The molecule has 2 rings (SSSR count). The van der Waals surface area contributed by atoms with Gasteiger partial charge in [-0.05, 0) is 52.0 Å². The molecule has 1 aliphatic carbocycles. The van der Waals surface area contributed by atoms with Crippen LogP contribution in [0.2, 0.25) is 0 Å². The molecule has 1 fully saturated rings. The summed E-state index contributed by atoms with van der Waals surface area (Å²) >= 11 is 0. The first kappa shape index (κ1) is 15.5. The van der Waals surface area contributed by atoms with Crippen molar-refractivity contribution in [2.75, 3.05) is 6.54 Å². The molecule has 0 amide bonds. The van der Waals surface area contributed by atoms with Gasteiger partial charge in [0.2, 0.25) is 0 Å². The normalized spacial score (nSPS) is 24.0. The monoisotopic (exact) mass is 278 g/mol. The molecule has 1 aromatic rings. The average molecular weight is 278 g/mol. The van der Waals surface area contributed by atoms with Crippen LogP contribution in [0.15, 0.2) is 6.20 Å². The van der Waals surface area contributed by atoms with E-state index in [1.807, 2.05) is 4.68 Å². The molecule has 0 radical (unpaired) electrons. The number of aromatic nitrogens is 3. The van der Waals surface area contributed by atoms with Gasteiger partial charge in [0.25, 0.3) is 0 Å². The fourth-order valence-corrected chi connectivity index (χ4v) is 3.05. The minimum atomic E-state index is 0.0173. The standard InChI is InChI=1S/C16H30N4/c1-13-6-5-7-14(10-13)8-9-17-11-15-12-20(19-18-15)16(2,3)4/h12-14,17H,5-11H2,1-4H3. The second-order valence-corrected chi connectivity index (χ2v) is 7.43. The molecule has 2 atom stereocenters. The molecule has 0 saturated heterocycles. The first-order valence-corrected chi connectivity index (χ1v) is 8.07. The number of rotatable bonds is 5. The van der Waals surface area contributed by atoms with Crippen molar-refractivity contribution >= 4 is 0 Å². The summed E-state index contributed by atoms with van der Waals surface area (Å²) in [5.41, 5.74) is 1.06. The zero-order chi connectivity index (χ0) is 14.6. The summed E-state index contributed by atoms with van der Waals surface area (Å²) in [4.78, 5) is 0. The Labute approximate surface area is 123 Å². The van der Waals surface area contributed by atoms with Crippen LogP contribution in [0.1, 0.15) is 65.5 Å². The summed E-state index contributed by atoms with van der Waals surface area (Å²) < 4.78 is 1.94. The second kappa shape index (κ2) is 6.70. The highest BCUT2D eigenvalue weighted by Gasteiger charge is 2.18. The predicted molar refractivity (Wildman–Crippen MR) is 82.5 cm³/mol. The topological polar surface area (TPSA) is 42.7 Å². The lowest BCUT2D eigenvalue weighted by molar-refractivity contribution is 0.267. The molecule has 4 heteroatoms. The van der Waals surface area contributed by atoms with Gasteiger partial charge in [0.05, 0.1) is 17.4 Å². The van der Waals surface area contributed by atoms with Gasteiger partial charge in [0, 0.05) is 6.54 Å². The van der Waals surface area contributed by atoms with E-state index in [4.69, 9.17) is 0 Å². The van der Waals surface area contributed by atoms with Crippen molar-refractivity contribution in [3.63, 3.8) is 0 Å². The first-order valence-electron chi connectivity index (χ1n) is 8.07. The Hall–Kier alpha value is -0.900. The summed E-state index contributed by atoms with van der Waals surface area (Å²) in [7, 11) is 0. The van der Waals surface area contributed by atoms with Gasteiger partial charge in [-0.3, -0.25) is 0 Å². The number of hydrogen-bond donors (Lipinski definition) is 1. The van der Waals surface area contributed by atoms with Crippen LogP contribution in [0.25, 0.3) is 0 Å². The highest BCUT2D eigenvalue weighted by molar-refractivity contribution is 4.94. The fraction of sp³-hybridized carbons (Fsp3) is 0.875.